The molecule has 0 bridgehead atoms. The fourth-order valence-electron chi connectivity index (χ4n) is 2.55. The van der Waals surface area contributed by atoms with Gasteiger partial charge in [-0.25, -0.2) is 0 Å². The third-order valence-electron chi connectivity index (χ3n) is 4.76. The number of nitrogens with zero attached hydrogens (tertiary/aromatic N) is 2. The Morgan fingerprint density at radius 1 is 1.19 bits per heavy atom. The average molecular weight is 293 g/mol. The summed E-state index contributed by atoms with van der Waals surface area (Å²) in [6.45, 7) is 16.8. The molecule has 3 nitrogen and oxygen atoms in total. The molecule has 0 aliphatic rings. The van der Waals surface area contributed by atoms with E-state index in [4.69, 9.17) is 5.10 Å². The molecule has 0 aliphatic heterocycles. The summed E-state index contributed by atoms with van der Waals surface area (Å²) in [5, 5.41) is 8.49. The van der Waals surface area contributed by atoms with Crippen LogP contribution in [0.25, 0.3) is 0 Å². The molecule has 0 saturated carbocycles. The second-order valence-corrected chi connectivity index (χ2v) is 7.53. The van der Waals surface area contributed by atoms with E-state index in [1.165, 1.54) is 18.5 Å². The highest BCUT2D eigenvalue weighted by Gasteiger charge is 2.29. The van der Waals surface area contributed by atoms with E-state index in [0.29, 0.717) is 11.5 Å². The second kappa shape index (κ2) is 7.44. The first-order valence-corrected chi connectivity index (χ1v) is 8.54. The first-order valence-electron chi connectivity index (χ1n) is 8.54. The van der Waals surface area contributed by atoms with Gasteiger partial charge in [-0.05, 0) is 64.9 Å². The second-order valence-electron chi connectivity index (χ2n) is 7.53. The van der Waals surface area contributed by atoms with Crippen LogP contribution < -0.4 is 5.32 Å². The Labute approximate surface area is 131 Å². The Morgan fingerprint density at radius 2 is 1.81 bits per heavy atom. The van der Waals surface area contributed by atoms with Gasteiger partial charge in [0.05, 0.1) is 5.69 Å². The molecule has 1 rings (SSSR count). The molecule has 1 aromatic heterocycles. The highest BCUT2D eigenvalue weighted by Crippen LogP contribution is 2.30. The van der Waals surface area contributed by atoms with Crippen molar-refractivity contribution in [1.29, 1.82) is 0 Å². The van der Waals surface area contributed by atoms with Gasteiger partial charge in [0.2, 0.25) is 0 Å². The summed E-state index contributed by atoms with van der Waals surface area (Å²) in [4.78, 5) is 0. The van der Waals surface area contributed by atoms with Crippen LogP contribution in [-0.2, 0) is 6.42 Å². The largest absolute Gasteiger partial charge is 0.312 e. The first-order chi connectivity index (χ1) is 9.75. The summed E-state index contributed by atoms with van der Waals surface area (Å²) in [5.41, 5.74) is 1.71. The molecule has 1 heterocycles. The lowest BCUT2D eigenvalue weighted by atomic mass is 9.77. The molecule has 3 heteroatoms. The van der Waals surface area contributed by atoms with Crippen molar-refractivity contribution in [2.75, 3.05) is 6.54 Å². The van der Waals surface area contributed by atoms with Gasteiger partial charge in [0, 0.05) is 24.3 Å². The van der Waals surface area contributed by atoms with Gasteiger partial charge in [0.15, 0.2) is 0 Å². The predicted molar refractivity (Wildman–Crippen MR) is 91.7 cm³/mol. The molecule has 21 heavy (non-hydrogen) atoms. The first kappa shape index (κ1) is 18.2. The van der Waals surface area contributed by atoms with Crippen LogP contribution in [0.4, 0.5) is 0 Å². The van der Waals surface area contributed by atoms with Gasteiger partial charge >= 0.3 is 0 Å². The fourth-order valence-corrected chi connectivity index (χ4v) is 2.55. The molecule has 0 aromatic carbocycles. The van der Waals surface area contributed by atoms with Crippen molar-refractivity contribution < 1.29 is 0 Å². The summed E-state index contributed by atoms with van der Waals surface area (Å²) in [5.74, 6) is 0. The predicted octanol–water partition coefficient (Wildman–Crippen LogP) is 4.59. The normalized spacial score (nSPS) is 14.4. The third kappa shape index (κ3) is 5.46. The fraction of sp³-hybridized carbons (Fsp3) is 0.833. The van der Waals surface area contributed by atoms with E-state index < -0.39 is 0 Å². The van der Waals surface area contributed by atoms with Gasteiger partial charge in [-0.3, -0.25) is 4.68 Å². The summed E-state index contributed by atoms with van der Waals surface area (Å²) in [6.07, 6.45) is 6.69. The molecule has 1 N–H and O–H groups in total. The molecule has 1 aromatic rings. The van der Waals surface area contributed by atoms with E-state index >= 15 is 0 Å². The minimum absolute atomic E-state index is 0.172. The molecule has 122 valence electrons. The Morgan fingerprint density at radius 3 is 2.29 bits per heavy atom. The zero-order valence-corrected chi connectivity index (χ0v) is 15.2. The zero-order chi connectivity index (χ0) is 16.1. The van der Waals surface area contributed by atoms with E-state index in [0.717, 1.165) is 19.4 Å². The SMILES string of the molecule is CCC(C)n1ccc(CC(CC)(CC)CNC(C)(C)C)n1. The Kier molecular flexibility index (Phi) is 6.45. The van der Waals surface area contributed by atoms with Crippen LogP contribution >= 0.6 is 0 Å². The monoisotopic (exact) mass is 293 g/mol. The van der Waals surface area contributed by atoms with Crippen LogP contribution in [0.2, 0.25) is 0 Å². The lowest BCUT2D eigenvalue weighted by molar-refractivity contribution is 0.217. The van der Waals surface area contributed by atoms with E-state index in [-0.39, 0.29) is 5.54 Å². The smallest absolute Gasteiger partial charge is 0.0630 e. The maximum absolute atomic E-state index is 4.80. The van der Waals surface area contributed by atoms with Crippen LogP contribution in [0.3, 0.4) is 0 Å². The summed E-state index contributed by atoms with van der Waals surface area (Å²) in [7, 11) is 0. The molecule has 0 fully saturated rings. The van der Waals surface area contributed by atoms with Crippen molar-refractivity contribution in [2.24, 2.45) is 5.41 Å². The van der Waals surface area contributed by atoms with Crippen molar-refractivity contribution in [2.45, 2.75) is 85.7 Å². The van der Waals surface area contributed by atoms with E-state index in [2.05, 4.69) is 70.7 Å². The highest BCUT2D eigenvalue weighted by atomic mass is 15.3. The molecular formula is C18H35N3. The summed E-state index contributed by atoms with van der Waals surface area (Å²) in [6, 6.07) is 2.69. The maximum atomic E-state index is 4.80. The van der Waals surface area contributed by atoms with Gasteiger partial charge in [0.25, 0.3) is 0 Å². The lowest BCUT2D eigenvalue weighted by Gasteiger charge is -2.35. The van der Waals surface area contributed by atoms with Crippen molar-refractivity contribution in [3.05, 3.63) is 18.0 Å². The topological polar surface area (TPSA) is 29.9 Å². The Bertz CT molecular complexity index is 410. The number of nitrogens with one attached hydrogen (secondary N) is 1. The molecule has 0 radical (unpaired) electrons. The van der Waals surface area contributed by atoms with Crippen LogP contribution in [0.5, 0.6) is 0 Å². The van der Waals surface area contributed by atoms with Crippen molar-refractivity contribution >= 4 is 0 Å². The lowest BCUT2D eigenvalue weighted by Crippen LogP contribution is -2.44. The van der Waals surface area contributed by atoms with Gasteiger partial charge < -0.3 is 5.32 Å². The van der Waals surface area contributed by atoms with Gasteiger partial charge in [0.1, 0.15) is 0 Å². The summed E-state index contributed by atoms with van der Waals surface area (Å²) < 4.78 is 2.11. The quantitative estimate of drug-likeness (QED) is 0.759. The number of rotatable bonds is 8. The summed E-state index contributed by atoms with van der Waals surface area (Å²) >= 11 is 0. The Balaban J connectivity index is 2.79. The van der Waals surface area contributed by atoms with Crippen molar-refractivity contribution in [3.63, 3.8) is 0 Å². The number of hydrogen-bond acceptors (Lipinski definition) is 2. The Hall–Kier alpha value is -0.830. The molecule has 0 amide bonds. The van der Waals surface area contributed by atoms with Gasteiger partial charge in [-0.2, -0.15) is 5.10 Å². The molecular weight excluding hydrogens is 258 g/mol. The standard InChI is InChI=1S/C18H35N3/c1-8-15(4)21-12-11-16(20-21)13-18(9-2,10-3)14-19-17(5,6)7/h11-12,15,19H,8-10,13-14H2,1-7H3. The molecule has 1 unspecified atom stereocenters. The van der Waals surface area contributed by atoms with E-state index in [1.54, 1.807) is 0 Å². The van der Waals surface area contributed by atoms with Gasteiger partial charge in [-0.1, -0.05) is 20.8 Å². The minimum atomic E-state index is 0.172. The minimum Gasteiger partial charge on any atom is -0.312 e. The van der Waals surface area contributed by atoms with Crippen LogP contribution in [0.15, 0.2) is 12.3 Å². The van der Waals surface area contributed by atoms with Crippen molar-refractivity contribution in [1.82, 2.24) is 15.1 Å². The zero-order valence-electron chi connectivity index (χ0n) is 15.2. The van der Waals surface area contributed by atoms with Gasteiger partial charge in [-0.15, -0.1) is 0 Å². The maximum Gasteiger partial charge on any atom is 0.0630 e. The third-order valence-corrected chi connectivity index (χ3v) is 4.76. The average Bonchev–Trinajstić information content (AvgIpc) is 2.90. The number of aromatic nitrogens is 2. The molecule has 0 spiro atoms. The highest BCUT2D eigenvalue weighted by molar-refractivity contribution is 5.04. The van der Waals surface area contributed by atoms with E-state index in [1.807, 2.05) is 0 Å². The van der Waals surface area contributed by atoms with E-state index in [9.17, 15) is 0 Å². The van der Waals surface area contributed by atoms with Crippen LogP contribution in [-0.4, -0.2) is 21.9 Å². The number of hydrogen-bond donors (Lipinski definition) is 1. The van der Waals surface area contributed by atoms with Crippen LogP contribution in [0.1, 0.15) is 79.5 Å². The van der Waals surface area contributed by atoms with Crippen LogP contribution in [0, 0.1) is 5.41 Å². The molecule has 1 atom stereocenters. The molecule has 0 saturated heterocycles. The molecule has 0 aliphatic carbocycles. The van der Waals surface area contributed by atoms with Crippen molar-refractivity contribution in [3.8, 4) is 0 Å².